The zero-order valence-corrected chi connectivity index (χ0v) is 6.76. The van der Waals surface area contributed by atoms with Crippen LogP contribution in [0.4, 0.5) is 0 Å². The molecule has 0 rings (SSSR count). The van der Waals surface area contributed by atoms with Crippen LogP contribution >= 0.6 is 0 Å². The Morgan fingerprint density at radius 2 is 2.10 bits per heavy atom. The van der Waals surface area contributed by atoms with Crippen molar-refractivity contribution in [1.29, 1.82) is 0 Å². The molecule has 1 amide bonds. The van der Waals surface area contributed by atoms with Crippen LogP contribution in [0.25, 0.3) is 0 Å². The molecule has 0 aliphatic heterocycles. The first-order chi connectivity index (χ1) is 4.59. The van der Waals surface area contributed by atoms with Crippen LogP contribution in [0.1, 0.15) is 20.8 Å². The number of rotatable bonds is 4. The minimum absolute atomic E-state index is 0.164. The fraction of sp³-hybridized carbons (Fsp3) is 0.857. The Labute approximate surface area is 61.5 Å². The van der Waals surface area contributed by atoms with E-state index in [0.717, 1.165) is 0 Å². The Hall–Kier alpha value is -0.570. The van der Waals surface area contributed by atoms with Crippen LogP contribution in [-0.4, -0.2) is 18.6 Å². The monoisotopic (exact) mass is 145 g/mol. The van der Waals surface area contributed by atoms with Gasteiger partial charge in [-0.2, -0.15) is 0 Å². The molecule has 0 aliphatic carbocycles. The minimum atomic E-state index is -0.426. The lowest BCUT2D eigenvalue weighted by atomic mass is 10.1. The molecule has 3 nitrogen and oxygen atoms in total. The van der Waals surface area contributed by atoms with Crippen molar-refractivity contribution in [2.75, 3.05) is 6.61 Å². The summed E-state index contributed by atoms with van der Waals surface area (Å²) < 4.78 is 5.09. The van der Waals surface area contributed by atoms with Gasteiger partial charge in [-0.3, -0.25) is 4.79 Å². The SMILES string of the molecule is CCO[C@@H](C(N)=O)C(C)C. The van der Waals surface area contributed by atoms with Crippen LogP contribution in [0.5, 0.6) is 0 Å². The second kappa shape index (κ2) is 4.28. The standard InChI is InChI=1S/C7H15NO2/c1-4-10-6(5(2)3)7(8)9/h5-6H,4H2,1-3H3,(H2,8,9)/t6-/m1/s1. The van der Waals surface area contributed by atoms with Crippen LogP contribution in [0.2, 0.25) is 0 Å². The predicted molar refractivity (Wildman–Crippen MR) is 39.4 cm³/mol. The smallest absolute Gasteiger partial charge is 0.246 e. The van der Waals surface area contributed by atoms with E-state index in [1.54, 1.807) is 0 Å². The maximum Gasteiger partial charge on any atom is 0.246 e. The molecule has 10 heavy (non-hydrogen) atoms. The van der Waals surface area contributed by atoms with Gasteiger partial charge in [-0.05, 0) is 12.8 Å². The van der Waals surface area contributed by atoms with Crippen molar-refractivity contribution in [2.24, 2.45) is 11.7 Å². The molecule has 0 saturated carbocycles. The molecule has 2 N–H and O–H groups in total. The molecular weight excluding hydrogens is 130 g/mol. The van der Waals surface area contributed by atoms with E-state index < -0.39 is 6.10 Å². The lowest BCUT2D eigenvalue weighted by molar-refractivity contribution is -0.131. The molecule has 0 spiro atoms. The van der Waals surface area contributed by atoms with Crippen LogP contribution in [0.3, 0.4) is 0 Å². The fourth-order valence-corrected chi connectivity index (χ4v) is 0.783. The minimum Gasteiger partial charge on any atom is -0.368 e. The molecule has 0 unspecified atom stereocenters. The van der Waals surface area contributed by atoms with Crippen LogP contribution in [0, 0.1) is 5.92 Å². The quantitative estimate of drug-likeness (QED) is 0.627. The Morgan fingerprint density at radius 3 is 2.20 bits per heavy atom. The molecule has 60 valence electrons. The van der Waals surface area contributed by atoms with E-state index >= 15 is 0 Å². The average molecular weight is 145 g/mol. The number of carbonyl (C=O) groups is 1. The third kappa shape index (κ3) is 2.82. The number of amides is 1. The maximum absolute atomic E-state index is 10.6. The average Bonchev–Trinajstić information content (AvgIpc) is 1.81. The predicted octanol–water partition coefficient (Wildman–Crippen LogP) is 0.533. The molecule has 1 atom stereocenters. The largest absolute Gasteiger partial charge is 0.368 e. The van der Waals surface area contributed by atoms with E-state index in [0.29, 0.717) is 6.61 Å². The molecule has 0 aromatic carbocycles. The first-order valence-electron chi connectivity index (χ1n) is 3.50. The van der Waals surface area contributed by atoms with E-state index in [9.17, 15) is 4.79 Å². The molecule has 3 heteroatoms. The zero-order chi connectivity index (χ0) is 8.15. The topological polar surface area (TPSA) is 52.3 Å². The van der Waals surface area contributed by atoms with Crippen LogP contribution in [0.15, 0.2) is 0 Å². The summed E-state index contributed by atoms with van der Waals surface area (Å²) in [6.45, 7) is 6.19. The van der Waals surface area contributed by atoms with Gasteiger partial charge >= 0.3 is 0 Å². The highest BCUT2D eigenvalue weighted by Gasteiger charge is 2.18. The number of nitrogens with two attached hydrogens (primary N) is 1. The van der Waals surface area contributed by atoms with E-state index in [2.05, 4.69) is 0 Å². The number of hydrogen-bond acceptors (Lipinski definition) is 2. The second-order valence-corrected chi connectivity index (χ2v) is 2.52. The first-order valence-corrected chi connectivity index (χ1v) is 3.50. The Balaban J connectivity index is 3.85. The third-order valence-corrected chi connectivity index (χ3v) is 1.23. The maximum atomic E-state index is 10.6. The second-order valence-electron chi connectivity index (χ2n) is 2.52. The molecular formula is C7H15NO2. The van der Waals surface area contributed by atoms with Crippen molar-refractivity contribution in [3.05, 3.63) is 0 Å². The summed E-state index contributed by atoms with van der Waals surface area (Å²) in [6, 6.07) is 0. The van der Waals surface area contributed by atoms with Crippen LogP contribution < -0.4 is 5.73 Å². The highest BCUT2D eigenvalue weighted by atomic mass is 16.5. The van der Waals surface area contributed by atoms with Gasteiger partial charge in [0, 0.05) is 6.61 Å². The van der Waals surface area contributed by atoms with Crippen LogP contribution in [-0.2, 0) is 9.53 Å². The highest BCUT2D eigenvalue weighted by Crippen LogP contribution is 2.04. The van der Waals surface area contributed by atoms with Gasteiger partial charge in [0.15, 0.2) is 0 Å². The molecule has 0 radical (unpaired) electrons. The van der Waals surface area contributed by atoms with E-state index in [1.807, 2.05) is 20.8 Å². The number of hydrogen-bond donors (Lipinski definition) is 1. The summed E-state index contributed by atoms with van der Waals surface area (Å²) in [5.41, 5.74) is 5.06. The van der Waals surface area contributed by atoms with Gasteiger partial charge in [0.05, 0.1) is 0 Å². The third-order valence-electron chi connectivity index (χ3n) is 1.23. The van der Waals surface area contributed by atoms with Gasteiger partial charge in [0.2, 0.25) is 5.91 Å². The lowest BCUT2D eigenvalue weighted by Gasteiger charge is -2.16. The van der Waals surface area contributed by atoms with E-state index in [1.165, 1.54) is 0 Å². The molecule has 0 aromatic heterocycles. The molecule has 0 bridgehead atoms. The van der Waals surface area contributed by atoms with Crippen molar-refractivity contribution in [3.8, 4) is 0 Å². The molecule has 0 fully saturated rings. The Kier molecular flexibility index (Phi) is 4.03. The van der Waals surface area contributed by atoms with Gasteiger partial charge in [-0.15, -0.1) is 0 Å². The summed E-state index contributed by atoms with van der Waals surface area (Å²) >= 11 is 0. The zero-order valence-electron chi connectivity index (χ0n) is 6.76. The Bertz CT molecular complexity index is 112. The van der Waals surface area contributed by atoms with Gasteiger partial charge in [-0.25, -0.2) is 0 Å². The van der Waals surface area contributed by atoms with Gasteiger partial charge < -0.3 is 10.5 Å². The normalized spacial score (nSPS) is 13.6. The molecule has 0 heterocycles. The van der Waals surface area contributed by atoms with E-state index in [-0.39, 0.29) is 11.8 Å². The van der Waals surface area contributed by atoms with Gasteiger partial charge in [0.25, 0.3) is 0 Å². The number of carbonyl (C=O) groups excluding carboxylic acids is 1. The van der Waals surface area contributed by atoms with E-state index in [4.69, 9.17) is 10.5 Å². The van der Waals surface area contributed by atoms with Crippen molar-refractivity contribution in [1.82, 2.24) is 0 Å². The number of primary amides is 1. The molecule has 0 aromatic rings. The highest BCUT2D eigenvalue weighted by molar-refractivity contribution is 5.79. The Morgan fingerprint density at radius 1 is 1.60 bits per heavy atom. The van der Waals surface area contributed by atoms with Crippen molar-refractivity contribution in [3.63, 3.8) is 0 Å². The fourth-order valence-electron chi connectivity index (χ4n) is 0.783. The van der Waals surface area contributed by atoms with Crippen molar-refractivity contribution < 1.29 is 9.53 Å². The summed E-state index contributed by atoms with van der Waals surface area (Å²) in [5, 5.41) is 0. The van der Waals surface area contributed by atoms with Crippen molar-refractivity contribution >= 4 is 5.91 Å². The summed E-state index contributed by atoms with van der Waals surface area (Å²) in [6.07, 6.45) is -0.426. The van der Waals surface area contributed by atoms with Gasteiger partial charge in [0.1, 0.15) is 6.10 Å². The number of ether oxygens (including phenoxy) is 1. The summed E-state index contributed by atoms with van der Waals surface area (Å²) in [4.78, 5) is 10.6. The molecule has 0 saturated heterocycles. The summed E-state index contributed by atoms with van der Waals surface area (Å²) in [5.74, 6) is -0.214. The van der Waals surface area contributed by atoms with Crippen molar-refractivity contribution in [2.45, 2.75) is 26.9 Å². The van der Waals surface area contributed by atoms with Gasteiger partial charge in [-0.1, -0.05) is 13.8 Å². The molecule has 0 aliphatic rings. The summed E-state index contributed by atoms with van der Waals surface area (Å²) in [7, 11) is 0. The first kappa shape index (κ1) is 9.43. The lowest BCUT2D eigenvalue weighted by Crippen LogP contribution is -2.35.